The van der Waals surface area contributed by atoms with Gasteiger partial charge in [-0.2, -0.15) is 4.98 Å². The third kappa shape index (κ3) is 6.63. The third-order valence-electron chi connectivity index (χ3n) is 6.01. The van der Waals surface area contributed by atoms with Crippen LogP contribution in [0.4, 0.5) is 39.2 Å². The van der Waals surface area contributed by atoms with Gasteiger partial charge in [-0.3, -0.25) is 14.2 Å². The molecule has 212 valence electrons. The Balaban J connectivity index is 1.30. The second kappa shape index (κ2) is 10.9. The van der Waals surface area contributed by atoms with E-state index in [1.54, 1.807) is 0 Å². The van der Waals surface area contributed by atoms with Crippen LogP contribution >= 0.6 is 7.82 Å². The van der Waals surface area contributed by atoms with Gasteiger partial charge >= 0.3 is 7.82 Å². The second-order valence-corrected chi connectivity index (χ2v) is 10.8. The van der Waals surface area contributed by atoms with Crippen LogP contribution in [-0.2, 0) is 18.6 Å². The first kappa shape index (κ1) is 27.7. The molecule has 40 heavy (non-hydrogen) atoms. The zero-order chi connectivity index (χ0) is 28.5. The minimum absolute atomic E-state index is 0.0637. The number of nitrogens with zero attached hydrogens (tertiary/aromatic N) is 5. The highest BCUT2D eigenvalue weighted by atomic mass is 31.2. The van der Waals surface area contributed by atoms with Crippen LogP contribution in [0, 0.1) is 5.82 Å². The van der Waals surface area contributed by atoms with E-state index in [9.17, 15) is 13.8 Å². The fourth-order valence-electron chi connectivity index (χ4n) is 4.17. The van der Waals surface area contributed by atoms with Crippen molar-refractivity contribution in [2.45, 2.75) is 19.4 Å². The number of benzene rings is 1. The molecule has 1 fully saturated rings. The van der Waals surface area contributed by atoms with E-state index < -0.39 is 26.3 Å². The zero-order valence-electron chi connectivity index (χ0n) is 21.6. The number of morpholine rings is 1. The first-order chi connectivity index (χ1) is 19.0. The van der Waals surface area contributed by atoms with Crippen LogP contribution in [0.2, 0.25) is 0 Å². The number of rotatable bonds is 8. The molecule has 1 aromatic carbocycles. The fourth-order valence-corrected chi connectivity index (χ4v) is 4.44. The summed E-state index contributed by atoms with van der Waals surface area (Å²) in [5.41, 5.74) is 1.51. The predicted octanol–water partition coefficient (Wildman–Crippen LogP) is 2.91. The number of phosphoric acid groups is 1. The van der Waals surface area contributed by atoms with Crippen molar-refractivity contribution in [2.24, 2.45) is 0 Å². The maximum absolute atomic E-state index is 14.6. The van der Waals surface area contributed by atoms with E-state index >= 15 is 0 Å². The van der Waals surface area contributed by atoms with Crippen molar-refractivity contribution in [3.8, 4) is 5.75 Å². The number of carbonyl (C=O) groups excluding carboxylic acids is 1. The van der Waals surface area contributed by atoms with E-state index in [0.717, 1.165) is 29.9 Å². The van der Waals surface area contributed by atoms with Gasteiger partial charge in [0.2, 0.25) is 5.95 Å². The minimum atomic E-state index is -4.85. The van der Waals surface area contributed by atoms with Gasteiger partial charge in [-0.1, -0.05) is 0 Å². The summed E-state index contributed by atoms with van der Waals surface area (Å²) in [6, 6.07) is 10.6. The van der Waals surface area contributed by atoms with Gasteiger partial charge in [0.1, 0.15) is 12.5 Å². The molecule has 16 heteroatoms. The highest BCUT2D eigenvalue weighted by Gasteiger charge is 2.30. The maximum atomic E-state index is 14.6. The van der Waals surface area contributed by atoms with E-state index in [1.807, 2.05) is 24.3 Å². The Bertz CT molecular complexity index is 1450. The average Bonchev–Trinajstić information content (AvgIpc) is 2.89. The number of aromatic nitrogens is 3. The lowest BCUT2D eigenvalue weighted by atomic mass is 10.1. The summed E-state index contributed by atoms with van der Waals surface area (Å²) in [5, 5.41) is 5.77. The smallest absolute Gasteiger partial charge is 0.471 e. The largest absolute Gasteiger partial charge is 0.480 e. The van der Waals surface area contributed by atoms with Crippen LogP contribution in [0.1, 0.15) is 13.8 Å². The Morgan fingerprint density at radius 2 is 1.93 bits per heavy atom. The average molecular weight is 575 g/mol. The molecule has 0 bridgehead atoms. The lowest BCUT2D eigenvalue weighted by molar-refractivity contribution is -0.122. The first-order valence-electron chi connectivity index (χ1n) is 12.2. The van der Waals surface area contributed by atoms with Gasteiger partial charge < -0.3 is 34.8 Å². The van der Waals surface area contributed by atoms with Crippen molar-refractivity contribution in [3.63, 3.8) is 0 Å². The summed E-state index contributed by atoms with van der Waals surface area (Å²) in [6.45, 7) is 5.18. The van der Waals surface area contributed by atoms with Crippen LogP contribution in [0.5, 0.6) is 5.75 Å². The molecule has 0 aliphatic carbocycles. The number of halogens is 1. The van der Waals surface area contributed by atoms with Crippen LogP contribution in [0.3, 0.4) is 0 Å². The fraction of sp³-hybridized carbons (Fsp3) is 0.333. The lowest BCUT2D eigenvalue weighted by Gasteiger charge is -2.39. The van der Waals surface area contributed by atoms with Gasteiger partial charge in [0, 0.05) is 24.5 Å². The maximum Gasteiger partial charge on any atom is 0.471 e. The molecule has 0 spiro atoms. The van der Waals surface area contributed by atoms with E-state index in [1.165, 1.54) is 12.1 Å². The van der Waals surface area contributed by atoms with Gasteiger partial charge in [-0.15, -0.1) is 0 Å². The van der Waals surface area contributed by atoms with E-state index in [0.29, 0.717) is 12.3 Å². The molecular formula is C24H27FN7O7P. The normalized spacial score (nSPS) is 16.8. The number of ether oxygens (including phenoxy) is 2. The standard InChI is InChI=1S/C24H27FN7O7P/c1-24(2)13-31(9-10-38-24)16-5-3-15(4-6-16)27-23-26-11-17(25)21(30-23)28-19-8-7-18-22(29-19)32(20(33)12-37-18)14-39-40(34,35)36/h3-8,11H,9-10,12-14H2,1-2H3,(H2,34,35,36)(H2,26,27,28,29,30). The van der Waals surface area contributed by atoms with Gasteiger partial charge in [0.25, 0.3) is 5.91 Å². The summed E-state index contributed by atoms with van der Waals surface area (Å²) in [4.78, 5) is 45.9. The number of amides is 1. The van der Waals surface area contributed by atoms with Gasteiger partial charge in [-0.25, -0.2) is 18.9 Å². The Kier molecular flexibility index (Phi) is 7.57. The topological polar surface area (TPSA) is 171 Å². The number of anilines is 6. The van der Waals surface area contributed by atoms with E-state index in [2.05, 4.69) is 48.9 Å². The summed E-state index contributed by atoms with van der Waals surface area (Å²) in [6.07, 6.45) is 0.993. The second-order valence-electron chi connectivity index (χ2n) is 9.59. The molecule has 2 aromatic heterocycles. The van der Waals surface area contributed by atoms with Crippen molar-refractivity contribution in [1.82, 2.24) is 15.0 Å². The predicted molar refractivity (Wildman–Crippen MR) is 142 cm³/mol. The number of fused-ring (bicyclic) bond motifs is 1. The monoisotopic (exact) mass is 575 g/mol. The number of pyridine rings is 1. The molecule has 2 aliphatic heterocycles. The number of carbonyl (C=O) groups is 1. The molecule has 1 saturated heterocycles. The number of hydrogen-bond donors (Lipinski definition) is 4. The summed E-state index contributed by atoms with van der Waals surface area (Å²) >= 11 is 0. The van der Waals surface area contributed by atoms with Crippen molar-refractivity contribution in [3.05, 3.63) is 48.4 Å². The minimum Gasteiger partial charge on any atom is -0.480 e. The van der Waals surface area contributed by atoms with E-state index in [-0.39, 0.29) is 41.4 Å². The lowest BCUT2D eigenvalue weighted by Crippen LogP contribution is -2.48. The molecule has 4 N–H and O–H groups in total. The van der Waals surface area contributed by atoms with Crippen LogP contribution in [0.25, 0.3) is 0 Å². The Hall–Kier alpha value is -3.88. The molecule has 0 saturated carbocycles. The van der Waals surface area contributed by atoms with Crippen molar-refractivity contribution in [2.75, 3.05) is 53.5 Å². The van der Waals surface area contributed by atoms with Gasteiger partial charge in [0.15, 0.2) is 29.8 Å². The SMILES string of the molecule is CC1(C)CN(c2ccc(Nc3ncc(F)c(Nc4ccc5c(n4)N(COP(=O)(O)O)C(=O)CO5)n3)cc2)CCO1. The van der Waals surface area contributed by atoms with Crippen LogP contribution in [-0.4, -0.2) is 69.3 Å². The first-order valence-corrected chi connectivity index (χ1v) is 13.7. The molecule has 0 radical (unpaired) electrons. The highest BCUT2D eigenvalue weighted by molar-refractivity contribution is 7.46. The number of nitrogens with one attached hydrogen (secondary N) is 2. The summed E-state index contributed by atoms with van der Waals surface area (Å²) < 4.78 is 41.3. The Morgan fingerprint density at radius 3 is 2.65 bits per heavy atom. The van der Waals surface area contributed by atoms with Crippen molar-refractivity contribution >= 4 is 48.5 Å². The Morgan fingerprint density at radius 1 is 1.15 bits per heavy atom. The zero-order valence-corrected chi connectivity index (χ0v) is 22.5. The molecule has 2 aliphatic rings. The molecular weight excluding hydrogens is 548 g/mol. The van der Waals surface area contributed by atoms with Crippen molar-refractivity contribution < 1.29 is 37.5 Å². The van der Waals surface area contributed by atoms with Crippen LogP contribution < -0.4 is 25.2 Å². The summed E-state index contributed by atoms with van der Waals surface area (Å²) in [5.74, 6) is -1.27. The summed E-state index contributed by atoms with van der Waals surface area (Å²) in [7, 11) is -4.85. The van der Waals surface area contributed by atoms with E-state index in [4.69, 9.17) is 19.3 Å². The molecule has 4 heterocycles. The van der Waals surface area contributed by atoms with Crippen LogP contribution in [0.15, 0.2) is 42.6 Å². The highest BCUT2D eigenvalue weighted by Crippen LogP contribution is 2.38. The molecule has 0 atom stereocenters. The van der Waals surface area contributed by atoms with Gasteiger partial charge in [-0.05, 0) is 50.2 Å². The number of hydrogen-bond acceptors (Lipinski definition) is 11. The number of phosphoric ester groups is 1. The Labute approximate surface area is 228 Å². The quantitative estimate of drug-likeness (QED) is 0.289. The molecule has 14 nitrogen and oxygen atoms in total. The third-order valence-corrected chi connectivity index (χ3v) is 6.46. The van der Waals surface area contributed by atoms with Crippen molar-refractivity contribution in [1.29, 1.82) is 0 Å². The molecule has 3 aromatic rings. The molecule has 5 rings (SSSR count). The molecule has 1 amide bonds. The molecule has 0 unspecified atom stereocenters. The van der Waals surface area contributed by atoms with Gasteiger partial charge in [0.05, 0.1) is 18.4 Å².